The van der Waals surface area contributed by atoms with Gasteiger partial charge in [0.1, 0.15) is 4.60 Å². The second-order valence-corrected chi connectivity index (χ2v) is 3.61. The monoisotopic (exact) mass is 224 g/mol. The summed E-state index contributed by atoms with van der Waals surface area (Å²) in [7, 11) is 0. The minimum atomic E-state index is 0.879. The number of halogens is 1. The molecular formula is C9H9BrN2. The van der Waals surface area contributed by atoms with Gasteiger partial charge < -0.3 is 0 Å². The SMILES string of the molecule is Brc1ccc(C2=NCCC2)cn1. The maximum Gasteiger partial charge on any atom is 0.106 e. The van der Waals surface area contributed by atoms with Gasteiger partial charge in [0, 0.05) is 24.0 Å². The van der Waals surface area contributed by atoms with Crippen LogP contribution in [0.25, 0.3) is 0 Å². The van der Waals surface area contributed by atoms with Gasteiger partial charge in [-0.3, -0.25) is 4.99 Å². The Bertz CT molecular complexity index is 303. The van der Waals surface area contributed by atoms with Gasteiger partial charge in [-0.15, -0.1) is 0 Å². The summed E-state index contributed by atoms with van der Waals surface area (Å²) in [5.41, 5.74) is 2.37. The van der Waals surface area contributed by atoms with E-state index in [2.05, 4.69) is 32.0 Å². The van der Waals surface area contributed by atoms with Crippen molar-refractivity contribution in [2.45, 2.75) is 12.8 Å². The van der Waals surface area contributed by atoms with Crippen LogP contribution in [-0.4, -0.2) is 17.2 Å². The van der Waals surface area contributed by atoms with Crippen LogP contribution in [0.3, 0.4) is 0 Å². The van der Waals surface area contributed by atoms with E-state index in [0.717, 1.165) is 23.1 Å². The summed E-state index contributed by atoms with van der Waals surface area (Å²) in [5.74, 6) is 0. The third kappa shape index (κ3) is 1.55. The van der Waals surface area contributed by atoms with Crippen LogP contribution in [0.2, 0.25) is 0 Å². The molecule has 1 aliphatic heterocycles. The summed E-state index contributed by atoms with van der Waals surface area (Å²) in [6, 6.07) is 4.01. The first-order chi connectivity index (χ1) is 5.86. The Morgan fingerprint density at radius 1 is 1.33 bits per heavy atom. The zero-order chi connectivity index (χ0) is 8.39. The summed E-state index contributed by atoms with van der Waals surface area (Å²) >= 11 is 3.30. The highest BCUT2D eigenvalue weighted by atomic mass is 79.9. The first-order valence-electron chi connectivity index (χ1n) is 4.01. The molecule has 12 heavy (non-hydrogen) atoms. The van der Waals surface area contributed by atoms with Gasteiger partial charge in [0.15, 0.2) is 0 Å². The molecule has 0 amide bonds. The number of hydrogen-bond acceptors (Lipinski definition) is 2. The van der Waals surface area contributed by atoms with Crippen LogP contribution in [0.15, 0.2) is 27.9 Å². The fourth-order valence-electron chi connectivity index (χ4n) is 1.32. The molecule has 0 N–H and O–H groups in total. The van der Waals surface area contributed by atoms with Crippen LogP contribution < -0.4 is 0 Å². The van der Waals surface area contributed by atoms with Gasteiger partial charge in [-0.05, 0) is 40.9 Å². The average molecular weight is 225 g/mol. The van der Waals surface area contributed by atoms with Gasteiger partial charge in [-0.2, -0.15) is 0 Å². The summed E-state index contributed by atoms with van der Waals surface area (Å²) in [6.07, 6.45) is 4.16. The van der Waals surface area contributed by atoms with Crippen LogP contribution in [0.4, 0.5) is 0 Å². The molecule has 2 rings (SSSR count). The van der Waals surface area contributed by atoms with Crippen molar-refractivity contribution in [3.8, 4) is 0 Å². The zero-order valence-corrected chi connectivity index (χ0v) is 8.21. The van der Waals surface area contributed by atoms with Crippen molar-refractivity contribution in [3.63, 3.8) is 0 Å². The van der Waals surface area contributed by atoms with Gasteiger partial charge in [0.2, 0.25) is 0 Å². The Hall–Kier alpha value is -0.700. The van der Waals surface area contributed by atoms with Crippen LogP contribution >= 0.6 is 15.9 Å². The Kier molecular flexibility index (Phi) is 2.21. The molecule has 3 heteroatoms. The number of aliphatic imine (C=N–C) groups is 1. The Balaban J connectivity index is 2.28. The molecule has 2 nitrogen and oxygen atoms in total. The van der Waals surface area contributed by atoms with E-state index in [-0.39, 0.29) is 0 Å². The smallest absolute Gasteiger partial charge is 0.106 e. The molecule has 0 atom stereocenters. The molecule has 2 heterocycles. The fraction of sp³-hybridized carbons (Fsp3) is 0.333. The normalized spacial score (nSPS) is 16.2. The molecule has 0 aromatic carbocycles. The van der Waals surface area contributed by atoms with E-state index in [0.29, 0.717) is 0 Å². The zero-order valence-electron chi connectivity index (χ0n) is 6.63. The third-order valence-electron chi connectivity index (χ3n) is 1.93. The quantitative estimate of drug-likeness (QED) is 0.674. The maximum absolute atomic E-state index is 4.40. The van der Waals surface area contributed by atoms with E-state index in [1.54, 1.807) is 0 Å². The summed E-state index contributed by atoms with van der Waals surface area (Å²) in [6.45, 7) is 0.978. The molecular weight excluding hydrogens is 216 g/mol. The van der Waals surface area contributed by atoms with Crippen molar-refractivity contribution in [1.29, 1.82) is 0 Å². The number of aromatic nitrogens is 1. The van der Waals surface area contributed by atoms with Gasteiger partial charge in [-0.1, -0.05) is 0 Å². The van der Waals surface area contributed by atoms with E-state index >= 15 is 0 Å². The van der Waals surface area contributed by atoms with E-state index < -0.39 is 0 Å². The third-order valence-corrected chi connectivity index (χ3v) is 2.40. The second-order valence-electron chi connectivity index (χ2n) is 2.80. The van der Waals surface area contributed by atoms with Crippen LogP contribution in [0.1, 0.15) is 18.4 Å². The topological polar surface area (TPSA) is 25.2 Å². The highest BCUT2D eigenvalue weighted by molar-refractivity contribution is 9.10. The van der Waals surface area contributed by atoms with Crippen molar-refractivity contribution in [3.05, 3.63) is 28.5 Å². The number of nitrogens with zero attached hydrogens (tertiary/aromatic N) is 2. The molecule has 1 aromatic rings. The van der Waals surface area contributed by atoms with Crippen LogP contribution in [0.5, 0.6) is 0 Å². The predicted octanol–water partition coefficient (Wildman–Crippen LogP) is 2.43. The number of hydrogen-bond donors (Lipinski definition) is 0. The Labute approximate surface area is 79.9 Å². The minimum Gasteiger partial charge on any atom is -0.289 e. The lowest BCUT2D eigenvalue weighted by molar-refractivity contribution is 0.951. The van der Waals surface area contributed by atoms with E-state index in [1.165, 1.54) is 12.1 Å². The summed E-state index contributed by atoms with van der Waals surface area (Å²) < 4.78 is 0.879. The van der Waals surface area contributed by atoms with Crippen molar-refractivity contribution in [2.75, 3.05) is 6.54 Å². The van der Waals surface area contributed by atoms with Crippen molar-refractivity contribution in [2.24, 2.45) is 4.99 Å². The Morgan fingerprint density at radius 2 is 2.25 bits per heavy atom. The molecule has 0 aliphatic carbocycles. The molecule has 0 radical (unpaired) electrons. The largest absolute Gasteiger partial charge is 0.289 e. The first-order valence-corrected chi connectivity index (χ1v) is 4.81. The molecule has 0 unspecified atom stereocenters. The number of rotatable bonds is 1. The highest BCUT2D eigenvalue weighted by Gasteiger charge is 2.08. The molecule has 0 fully saturated rings. The van der Waals surface area contributed by atoms with Crippen molar-refractivity contribution < 1.29 is 0 Å². The molecule has 62 valence electrons. The lowest BCUT2D eigenvalue weighted by atomic mass is 10.1. The van der Waals surface area contributed by atoms with E-state index in [4.69, 9.17) is 0 Å². The van der Waals surface area contributed by atoms with Gasteiger partial charge in [0.05, 0.1) is 0 Å². The summed E-state index contributed by atoms with van der Waals surface area (Å²) in [5, 5.41) is 0. The predicted molar refractivity (Wildman–Crippen MR) is 52.6 cm³/mol. The summed E-state index contributed by atoms with van der Waals surface area (Å²) in [4.78, 5) is 8.56. The van der Waals surface area contributed by atoms with Crippen LogP contribution in [-0.2, 0) is 0 Å². The van der Waals surface area contributed by atoms with Crippen LogP contribution in [0, 0.1) is 0 Å². The minimum absolute atomic E-state index is 0.879. The Morgan fingerprint density at radius 3 is 2.83 bits per heavy atom. The molecule has 0 saturated carbocycles. The second kappa shape index (κ2) is 3.35. The van der Waals surface area contributed by atoms with E-state index in [9.17, 15) is 0 Å². The molecule has 0 saturated heterocycles. The van der Waals surface area contributed by atoms with Gasteiger partial charge in [-0.25, -0.2) is 4.98 Å². The van der Waals surface area contributed by atoms with Gasteiger partial charge in [0.25, 0.3) is 0 Å². The standard InChI is InChI=1S/C9H9BrN2/c10-9-4-3-7(6-12-9)8-2-1-5-11-8/h3-4,6H,1-2,5H2. The molecule has 0 spiro atoms. The average Bonchev–Trinajstić information content (AvgIpc) is 2.58. The first kappa shape index (κ1) is 7.92. The number of pyridine rings is 1. The lowest BCUT2D eigenvalue weighted by Crippen LogP contribution is -1.96. The van der Waals surface area contributed by atoms with Crippen molar-refractivity contribution >= 4 is 21.6 Å². The fourth-order valence-corrected chi connectivity index (χ4v) is 1.56. The molecule has 0 bridgehead atoms. The maximum atomic E-state index is 4.40. The van der Waals surface area contributed by atoms with E-state index in [1.807, 2.05) is 12.3 Å². The van der Waals surface area contributed by atoms with Gasteiger partial charge >= 0.3 is 0 Å². The molecule has 1 aromatic heterocycles. The lowest BCUT2D eigenvalue weighted by Gasteiger charge is -1.98. The van der Waals surface area contributed by atoms with Crippen molar-refractivity contribution in [1.82, 2.24) is 4.98 Å². The molecule has 1 aliphatic rings. The highest BCUT2D eigenvalue weighted by Crippen LogP contribution is 2.13.